The molecule has 1 fully saturated rings. The van der Waals surface area contributed by atoms with Gasteiger partial charge in [0, 0.05) is 0 Å². The smallest absolute Gasteiger partial charge is 0.328 e. The fourth-order valence-corrected chi connectivity index (χ4v) is 3.65. The Kier molecular flexibility index (Phi) is 15.0. The van der Waals surface area contributed by atoms with Gasteiger partial charge in [-0.15, -0.1) is 0 Å². The summed E-state index contributed by atoms with van der Waals surface area (Å²) in [4.78, 5) is 9.62. The summed E-state index contributed by atoms with van der Waals surface area (Å²) < 4.78 is 10.7. The van der Waals surface area contributed by atoms with E-state index in [2.05, 4.69) is 0 Å². The molecular formula is C18H37O3P. The van der Waals surface area contributed by atoms with Crippen molar-refractivity contribution in [1.82, 2.24) is 0 Å². The fourth-order valence-electron chi connectivity index (χ4n) is 3.00. The molecule has 0 spiro atoms. The van der Waals surface area contributed by atoms with Crippen molar-refractivity contribution >= 4 is 8.60 Å². The Labute approximate surface area is 139 Å². The third-order valence-corrected chi connectivity index (χ3v) is 5.25. The van der Waals surface area contributed by atoms with Crippen molar-refractivity contribution in [3.05, 3.63) is 0 Å². The first kappa shape index (κ1) is 20.4. The summed E-state index contributed by atoms with van der Waals surface area (Å²) in [6.07, 6.45) is 21.1. The van der Waals surface area contributed by atoms with E-state index in [0.717, 1.165) is 12.8 Å². The molecule has 0 aromatic carbocycles. The normalized spacial score (nSPS) is 24.4. The average Bonchev–Trinajstić information content (AvgIpc) is 2.52. The first-order valence-corrected chi connectivity index (χ1v) is 10.8. The monoisotopic (exact) mass is 332 g/mol. The third-order valence-electron chi connectivity index (χ3n) is 4.44. The Morgan fingerprint density at radius 1 is 0.409 bits per heavy atom. The van der Waals surface area contributed by atoms with Crippen molar-refractivity contribution in [2.24, 2.45) is 0 Å². The highest BCUT2D eigenvalue weighted by atomic mass is 31.2. The molecule has 0 saturated carbocycles. The molecule has 1 saturated heterocycles. The standard InChI is InChI=1S/C18H37O3P/c19-22-20-17-15-13-11-9-7-5-3-1-2-4-6-8-10-12-14-16-18-21-22/h19H,1-18H2. The summed E-state index contributed by atoms with van der Waals surface area (Å²) in [5, 5.41) is 0. The van der Waals surface area contributed by atoms with Gasteiger partial charge in [0.1, 0.15) is 0 Å². The van der Waals surface area contributed by atoms with Crippen LogP contribution in [0.1, 0.15) is 103 Å². The molecule has 3 nitrogen and oxygen atoms in total. The van der Waals surface area contributed by atoms with Gasteiger partial charge in [-0.1, -0.05) is 89.9 Å². The fraction of sp³-hybridized carbons (Fsp3) is 1.00. The maximum Gasteiger partial charge on any atom is 0.329 e. The van der Waals surface area contributed by atoms with E-state index in [4.69, 9.17) is 9.05 Å². The van der Waals surface area contributed by atoms with E-state index in [1.807, 2.05) is 0 Å². The molecule has 0 atom stereocenters. The zero-order valence-corrected chi connectivity index (χ0v) is 15.3. The van der Waals surface area contributed by atoms with Crippen molar-refractivity contribution in [2.45, 2.75) is 103 Å². The Morgan fingerprint density at radius 2 is 0.636 bits per heavy atom. The lowest BCUT2D eigenvalue weighted by molar-refractivity contribution is 0.194. The SMILES string of the molecule is OP1OCCCCCCCCCCCCCCCCCCO1. The van der Waals surface area contributed by atoms with E-state index in [0.29, 0.717) is 13.2 Å². The van der Waals surface area contributed by atoms with E-state index in [1.165, 1.54) is 89.9 Å². The molecule has 0 bridgehead atoms. The lowest BCUT2D eigenvalue weighted by Gasteiger charge is -2.10. The molecule has 0 radical (unpaired) electrons. The molecule has 1 aliphatic heterocycles. The average molecular weight is 332 g/mol. The van der Waals surface area contributed by atoms with Crippen LogP contribution in [-0.2, 0) is 9.05 Å². The summed E-state index contributed by atoms with van der Waals surface area (Å²) in [5.74, 6) is 0. The van der Waals surface area contributed by atoms with Crippen LogP contribution in [0.4, 0.5) is 0 Å². The van der Waals surface area contributed by atoms with Crippen LogP contribution >= 0.6 is 8.60 Å². The van der Waals surface area contributed by atoms with Crippen LogP contribution in [-0.4, -0.2) is 18.1 Å². The Bertz CT molecular complexity index is 204. The molecule has 0 aromatic heterocycles. The Balaban J connectivity index is 2.08. The van der Waals surface area contributed by atoms with Gasteiger partial charge in [-0.3, -0.25) is 0 Å². The van der Waals surface area contributed by atoms with Crippen LogP contribution in [0, 0.1) is 0 Å². The second-order valence-corrected chi connectivity index (χ2v) is 7.55. The van der Waals surface area contributed by atoms with Crippen molar-refractivity contribution in [2.75, 3.05) is 13.2 Å². The van der Waals surface area contributed by atoms with Crippen molar-refractivity contribution in [3.63, 3.8) is 0 Å². The first-order chi connectivity index (χ1) is 10.9. The van der Waals surface area contributed by atoms with E-state index in [9.17, 15) is 4.89 Å². The molecule has 0 aliphatic carbocycles. The van der Waals surface area contributed by atoms with Crippen LogP contribution in [0.2, 0.25) is 0 Å². The highest BCUT2D eigenvalue weighted by molar-refractivity contribution is 7.40. The minimum Gasteiger partial charge on any atom is -0.328 e. The molecule has 0 aromatic rings. The zero-order valence-electron chi connectivity index (χ0n) is 14.4. The minimum atomic E-state index is -1.63. The van der Waals surface area contributed by atoms with Gasteiger partial charge in [-0.25, -0.2) is 0 Å². The molecule has 132 valence electrons. The van der Waals surface area contributed by atoms with Gasteiger partial charge in [0.2, 0.25) is 0 Å². The highest BCUT2D eigenvalue weighted by Gasteiger charge is 2.05. The molecule has 1 rings (SSSR count). The van der Waals surface area contributed by atoms with Gasteiger partial charge >= 0.3 is 8.60 Å². The number of rotatable bonds is 0. The quantitative estimate of drug-likeness (QED) is 0.515. The minimum absolute atomic E-state index is 0.641. The van der Waals surface area contributed by atoms with Gasteiger partial charge in [0.15, 0.2) is 0 Å². The summed E-state index contributed by atoms with van der Waals surface area (Å²) in [7, 11) is -1.63. The summed E-state index contributed by atoms with van der Waals surface area (Å²) >= 11 is 0. The molecule has 0 amide bonds. The Morgan fingerprint density at radius 3 is 0.909 bits per heavy atom. The summed E-state index contributed by atoms with van der Waals surface area (Å²) in [6.45, 7) is 1.28. The van der Waals surface area contributed by atoms with E-state index in [-0.39, 0.29) is 0 Å². The maximum absolute atomic E-state index is 9.62. The Hall–Kier alpha value is 0.310. The van der Waals surface area contributed by atoms with Crippen LogP contribution in [0.25, 0.3) is 0 Å². The van der Waals surface area contributed by atoms with E-state index < -0.39 is 8.60 Å². The van der Waals surface area contributed by atoms with Crippen LogP contribution in [0.15, 0.2) is 0 Å². The van der Waals surface area contributed by atoms with Crippen molar-refractivity contribution in [3.8, 4) is 0 Å². The molecular weight excluding hydrogens is 295 g/mol. The second kappa shape index (κ2) is 16.2. The van der Waals surface area contributed by atoms with Gasteiger partial charge in [0.05, 0.1) is 13.2 Å². The van der Waals surface area contributed by atoms with Crippen molar-refractivity contribution < 1.29 is 13.9 Å². The summed E-state index contributed by atoms with van der Waals surface area (Å²) in [6, 6.07) is 0. The lowest BCUT2D eigenvalue weighted by Crippen LogP contribution is -1.95. The van der Waals surface area contributed by atoms with Gasteiger partial charge in [0.25, 0.3) is 0 Å². The predicted octanol–water partition coefficient (Wildman–Crippen LogP) is 6.49. The molecule has 0 unspecified atom stereocenters. The van der Waals surface area contributed by atoms with E-state index in [1.54, 1.807) is 0 Å². The number of hydrogen-bond donors (Lipinski definition) is 1. The lowest BCUT2D eigenvalue weighted by atomic mass is 10.0. The molecule has 1 heterocycles. The van der Waals surface area contributed by atoms with Gasteiger partial charge in [-0.2, -0.15) is 0 Å². The van der Waals surface area contributed by atoms with Crippen LogP contribution in [0.5, 0.6) is 0 Å². The molecule has 1 N–H and O–H groups in total. The topological polar surface area (TPSA) is 38.7 Å². The zero-order chi connectivity index (χ0) is 15.7. The van der Waals surface area contributed by atoms with Crippen molar-refractivity contribution in [1.29, 1.82) is 0 Å². The molecule has 4 heteroatoms. The third kappa shape index (κ3) is 13.9. The highest BCUT2D eigenvalue weighted by Crippen LogP contribution is 2.33. The molecule has 22 heavy (non-hydrogen) atoms. The second-order valence-electron chi connectivity index (χ2n) is 6.56. The predicted molar refractivity (Wildman–Crippen MR) is 94.9 cm³/mol. The number of hydrogen-bond acceptors (Lipinski definition) is 3. The van der Waals surface area contributed by atoms with E-state index >= 15 is 0 Å². The molecule has 1 aliphatic rings. The van der Waals surface area contributed by atoms with Gasteiger partial charge < -0.3 is 13.9 Å². The maximum atomic E-state index is 9.62. The largest absolute Gasteiger partial charge is 0.329 e. The van der Waals surface area contributed by atoms with Crippen LogP contribution < -0.4 is 0 Å². The first-order valence-electron chi connectivity index (χ1n) is 9.64. The summed E-state index contributed by atoms with van der Waals surface area (Å²) in [5.41, 5.74) is 0. The van der Waals surface area contributed by atoms with Crippen LogP contribution in [0.3, 0.4) is 0 Å². The van der Waals surface area contributed by atoms with Gasteiger partial charge in [-0.05, 0) is 12.8 Å².